The van der Waals surface area contributed by atoms with Gasteiger partial charge in [-0.2, -0.15) is 0 Å². The number of piperazine rings is 1. The monoisotopic (exact) mass is 343 g/mol. The Kier molecular flexibility index (Phi) is 5.59. The maximum Gasteiger partial charge on any atom is 0.237 e. The fourth-order valence-corrected chi connectivity index (χ4v) is 5.91. The first kappa shape index (κ1) is 17.2. The Balaban J connectivity index is 1.69. The molecule has 2 saturated heterocycles. The standard InChI is InChI=1S/C16H29N3O3S/c20-16(12-18-9-7-17-8-10-18)19(14-4-2-1-3-5-14)15-6-11-23(21,22)13-15/h14-15,17H,1-13H2. The predicted octanol–water partition coefficient (Wildman–Crippen LogP) is 0.240. The van der Waals surface area contributed by atoms with Crippen LogP contribution < -0.4 is 5.32 Å². The minimum absolute atomic E-state index is 0.0986. The van der Waals surface area contributed by atoms with E-state index >= 15 is 0 Å². The summed E-state index contributed by atoms with van der Waals surface area (Å²) in [5, 5.41) is 3.30. The molecule has 23 heavy (non-hydrogen) atoms. The Bertz CT molecular complexity index is 511. The first-order valence-corrected chi connectivity index (χ1v) is 10.8. The number of sulfone groups is 1. The first-order chi connectivity index (χ1) is 11.1. The molecular formula is C16H29N3O3S. The molecule has 6 nitrogen and oxygen atoms in total. The van der Waals surface area contributed by atoms with Gasteiger partial charge < -0.3 is 10.2 Å². The summed E-state index contributed by atoms with van der Waals surface area (Å²) < 4.78 is 23.8. The van der Waals surface area contributed by atoms with E-state index in [1.54, 1.807) is 0 Å². The van der Waals surface area contributed by atoms with E-state index in [9.17, 15) is 13.2 Å². The van der Waals surface area contributed by atoms with Crippen LogP contribution in [0.3, 0.4) is 0 Å². The van der Waals surface area contributed by atoms with Gasteiger partial charge in [0.05, 0.1) is 18.1 Å². The van der Waals surface area contributed by atoms with Crippen LogP contribution in [0.1, 0.15) is 38.5 Å². The fraction of sp³-hybridized carbons (Fsp3) is 0.938. The van der Waals surface area contributed by atoms with Crippen molar-refractivity contribution in [3.05, 3.63) is 0 Å². The molecule has 1 amide bonds. The predicted molar refractivity (Wildman–Crippen MR) is 90.1 cm³/mol. The van der Waals surface area contributed by atoms with Gasteiger partial charge in [0.2, 0.25) is 5.91 Å². The summed E-state index contributed by atoms with van der Waals surface area (Å²) >= 11 is 0. The second kappa shape index (κ2) is 7.49. The van der Waals surface area contributed by atoms with E-state index < -0.39 is 9.84 Å². The van der Waals surface area contributed by atoms with Crippen molar-refractivity contribution in [2.24, 2.45) is 0 Å². The molecule has 3 fully saturated rings. The van der Waals surface area contributed by atoms with Crippen LogP contribution in [-0.4, -0.2) is 80.4 Å². The molecule has 1 N–H and O–H groups in total. The maximum atomic E-state index is 13.0. The van der Waals surface area contributed by atoms with Crippen LogP contribution in [0.15, 0.2) is 0 Å². The lowest BCUT2D eigenvalue weighted by Crippen LogP contribution is -2.54. The van der Waals surface area contributed by atoms with Crippen LogP contribution in [-0.2, 0) is 14.6 Å². The van der Waals surface area contributed by atoms with E-state index in [0.717, 1.165) is 51.9 Å². The average molecular weight is 343 g/mol. The molecule has 0 aromatic carbocycles. The highest BCUT2D eigenvalue weighted by Gasteiger charge is 2.38. The molecule has 0 aromatic rings. The molecule has 2 heterocycles. The highest BCUT2D eigenvalue weighted by Crippen LogP contribution is 2.28. The highest BCUT2D eigenvalue weighted by atomic mass is 32.2. The lowest BCUT2D eigenvalue weighted by molar-refractivity contribution is -0.138. The van der Waals surface area contributed by atoms with Crippen LogP contribution >= 0.6 is 0 Å². The summed E-state index contributed by atoms with van der Waals surface area (Å²) in [5.41, 5.74) is 0. The Hall–Kier alpha value is -0.660. The molecule has 7 heteroatoms. The van der Waals surface area contributed by atoms with Gasteiger partial charge in [-0.1, -0.05) is 19.3 Å². The minimum atomic E-state index is -2.96. The van der Waals surface area contributed by atoms with Crippen LogP contribution in [0, 0.1) is 0 Å². The number of rotatable bonds is 4. The van der Waals surface area contributed by atoms with Crippen molar-refractivity contribution in [3.8, 4) is 0 Å². The van der Waals surface area contributed by atoms with Gasteiger partial charge in [0, 0.05) is 38.3 Å². The third kappa shape index (κ3) is 4.45. The van der Waals surface area contributed by atoms with E-state index in [1.165, 1.54) is 6.42 Å². The van der Waals surface area contributed by atoms with Crippen molar-refractivity contribution in [2.75, 3.05) is 44.2 Å². The Morgan fingerprint density at radius 3 is 2.35 bits per heavy atom. The minimum Gasteiger partial charge on any atom is -0.335 e. The molecule has 3 rings (SSSR count). The second-order valence-corrected chi connectivity index (χ2v) is 9.40. The number of hydrogen-bond acceptors (Lipinski definition) is 5. The van der Waals surface area contributed by atoms with Gasteiger partial charge >= 0.3 is 0 Å². The zero-order valence-corrected chi connectivity index (χ0v) is 14.7. The van der Waals surface area contributed by atoms with Crippen molar-refractivity contribution in [2.45, 2.75) is 50.6 Å². The quantitative estimate of drug-likeness (QED) is 0.792. The van der Waals surface area contributed by atoms with Gasteiger partial charge in [0.15, 0.2) is 9.84 Å². The van der Waals surface area contributed by atoms with Crippen molar-refractivity contribution in [1.82, 2.24) is 15.1 Å². The maximum absolute atomic E-state index is 13.0. The zero-order chi connectivity index (χ0) is 16.3. The summed E-state index contributed by atoms with van der Waals surface area (Å²) in [5.74, 6) is 0.541. The van der Waals surface area contributed by atoms with E-state index in [-0.39, 0.29) is 29.5 Å². The molecule has 132 valence electrons. The Labute approximate surface area is 139 Å². The molecule has 1 unspecified atom stereocenters. The molecule has 0 radical (unpaired) electrons. The lowest BCUT2D eigenvalue weighted by atomic mass is 9.92. The summed E-state index contributed by atoms with van der Waals surface area (Å²) in [6.07, 6.45) is 6.22. The topological polar surface area (TPSA) is 69.7 Å². The van der Waals surface area contributed by atoms with E-state index in [4.69, 9.17) is 0 Å². The van der Waals surface area contributed by atoms with E-state index in [2.05, 4.69) is 10.2 Å². The number of nitrogens with one attached hydrogen (secondary N) is 1. The number of hydrogen-bond donors (Lipinski definition) is 1. The molecule has 0 spiro atoms. The smallest absolute Gasteiger partial charge is 0.237 e. The molecular weight excluding hydrogens is 314 g/mol. The summed E-state index contributed by atoms with van der Waals surface area (Å²) in [7, 11) is -2.96. The van der Waals surface area contributed by atoms with Gasteiger partial charge in [0.1, 0.15) is 0 Å². The van der Waals surface area contributed by atoms with Crippen LogP contribution in [0.5, 0.6) is 0 Å². The molecule has 1 atom stereocenters. The van der Waals surface area contributed by atoms with Crippen molar-refractivity contribution >= 4 is 15.7 Å². The van der Waals surface area contributed by atoms with Crippen LogP contribution in [0.4, 0.5) is 0 Å². The van der Waals surface area contributed by atoms with Crippen molar-refractivity contribution in [3.63, 3.8) is 0 Å². The number of carbonyl (C=O) groups is 1. The Morgan fingerprint density at radius 2 is 1.74 bits per heavy atom. The Morgan fingerprint density at radius 1 is 1.04 bits per heavy atom. The molecule has 1 aliphatic carbocycles. The summed E-state index contributed by atoms with van der Waals surface area (Å²) in [6, 6.07) is 0.149. The lowest BCUT2D eigenvalue weighted by Gasteiger charge is -2.40. The average Bonchev–Trinajstić information content (AvgIpc) is 2.89. The van der Waals surface area contributed by atoms with Gasteiger partial charge in [-0.25, -0.2) is 8.42 Å². The van der Waals surface area contributed by atoms with Crippen LogP contribution in [0.25, 0.3) is 0 Å². The van der Waals surface area contributed by atoms with E-state index in [0.29, 0.717) is 13.0 Å². The van der Waals surface area contributed by atoms with Crippen molar-refractivity contribution in [1.29, 1.82) is 0 Å². The molecule has 1 saturated carbocycles. The van der Waals surface area contributed by atoms with Crippen molar-refractivity contribution < 1.29 is 13.2 Å². The second-order valence-electron chi connectivity index (χ2n) is 7.18. The largest absolute Gasteiger partial charge is 0.335 e. The van der Waals surface area contributed by atoms with Gasteiger partial charge in [0.25, 0.3) is 0 Å². The van der Waals surface area contributed by atoms with Crippen LogP contribution in [0.2, 0.25) is 0 Å². The summed E-state index contributed by atoms with van der Waals surface area (Å²) in [4.78, 5) is 17.1. The molecule has 2 aliphatic heterocycles. The van der Waals surface area contributed by atoms with Gasteiger partial charge in [-0.15, -0.1) is 0 Å². The molecule has 0 aromatic heterocycles. The number of carbonyl (C=O) groups excluding carboxylic acids is 1. The van der Waals surface area contributed by atoms with E-state index in [1.807, 2.05) is 4.90 Å². The summed E-state index contributed by atoms with van der Waals surface area (Å²) in [6.45, 7) is 4.08. The van der Waals surface area contributed by atoms with Gasteiger partial charge in [-0.3, -0.25) is 9.69 Å². The zero-order valence-electron chi connectivity index (χ0n) is 13.9. The molecule has 0 bridgehead atoms. The fourth-order valence-electron chi connectivity index (χ4n) is 4.20. The first-order valence-electron chi connectivity index (χ1n) is 9.00. The third-order valence-electron chi connectivity index (χ3n) is 5.43. The molecule has 3 aliphatic rings. The van der Waals surface area contributed by atoms with Gasteiger partial charge in [-0.05, 0) is 19.3 Å². The highest BCUT2D eigenvalue weighted by molar-refractivity contribution is 7.91. The SMILES string of the molecule is O=C(CN1CCNCC1)N(C1CCCCC1)C1CCS(=O)(=O)C1. The number of nitrogens with zero attached hydrogens (tertiary/aromatic N) is 2. The normalized spacial score (nSPS) is 29.5. The third-order valence-corrected chi connectivity index (χ3v) is 7.18. The number of amides is 1.